The minimum atomic E-state index is -0.706. The molecule has 4 bridgehead atoms. The quantitative estimate of drug-likeness (QED) is 0.595. The third kappa shape index (κ3) is 3.04. The molecule has 2 atom stereocenters. The third-order valence-electron chi connectivity index (χ3n) is 6.30. The van der Waals surface area contributed by atoms with Gasteiger partial charge in [-0.1, -0.05) is 11.6 Å². The van der Waals surface area contributed by atoms with Crippen LogP contribution in [0.5, 0.6) is 0 Å². The van der Waals surface area contributed by atoms with Crippen molar-refractivity contribution in [1.29, 1.82) is 0 Å². The molecule has 0 aliphatic heterocycles. The summed E-state index contributed by atoms with van der Waals surface area (Å²) in [5, 5.41) is 23.6. The van der Waals surface area contributed by atoms with Crippen LogP contribution in [0, 0.1) is 30.5 Å². The summed E-state index contributed by atoms with van der Waals surface area (Å²) in [4.78, 5) is 8.38. The summed E-state index contributed by atoms with van der Waals surface area (Å²) in [6.07, 6.45) is 4.78. The second kappa shape index (κ2) is 6.04. The van der Waals surface area contributed by atoms with E-state index in [2.05, 4.69) is 30.8 Å². The van der Waals surface area contributed by atoms with Crippen molar-refractivity contribution in [2.75, 3.05) is 10.6 Å². The highest BCUT2D eigenvalue weighted by molar-refractivity contribution is 6.29. The van der Waals surface area contributed by atoms with Crippen LogP contribution in [-0.2, 0) is 0 Å². The number of rotatable bonds is 4. The summed E-state index contributed by atoms with van der Waals surface area (Å²) in [5.41, 5.74) is 0.350. The van der Waals surface area contributed by atoms with Gasteiger partial charge in [0.25, 0.3) is 0 Å². The Labute approximate surface area is 161 Å². The van der Waals surface area contributed by atoms with Gasteiger partial charge in [-0.2, -0.15) is 19.5 Å². The van der Waals surface area contributed by atoms with E-state index in [1.54, 1.807) is 6.07 Å². The molecule has 0 spiro atoms. The van der Waals surface area contributed by atoms with Gasteiger partial charge < -0.3 is 15.7 Å². The van der Waals surface area contributed by atoms with Gasteiger partial charge in [0.1, 0.15) is 0 Å². The van der Waals surface area contributed by atoms with E-state index in [0.717, 1.165) is 37.8 Å². The van der Waals surface area contributed by atoms with Gasteiger partial charge in [0.2, 0.25) is 11.8 Å². The zero-order valence-corrected chi connectivity index (χ0v) is 15.7. The molecule has 0 saturated heterocycles. The molecule has 4 aliphatic rings. The number of aryl methyl sites for hydroxylation is 1. The maximum atomic E-state index is 14.4. The van der Waals surface area contributed by atoms with Crippen LogP contribution in [0.25, 0.3) is 0 Å². The first-order valence-corrected chi connectivity index (χ1v) is 9.77. The number of hydrogen-bond donors (Lipinski definition) is 4. The maximum absolute atomic E-state index is 14.4. The Morgan fingerprint density at radius 2 is 2.00 bits per heavy atom. The molecule has 0 amide bonds. The second-order valence-electron chi connectivity index (χ2n) is 8.43. The van der Waals surface area contributed by atoms with E-state index in [0.29, 0.717) is 29.5 Å². The maximum Gasteiger partial charge on any atom is 0.226 e. The molecule has 2 aromatic rings. The molecule has 4 N–H and O–H groups in total. The normalized spacial score (nSPS) is 34.1. The number of H-pyrrole nitrogens is 1. The molecular weight excluding hydrogens is 371 g/mol. The molecule has 27 heavy (non-hydrogen) atoms. The van der Waals surface area contributed by atoms with Gasteiger partial charge in [-0.25, -0.2) is 0 Å². The SMILES string of the molecule is Cc1cc(Nc2nc(NC3C4CC5CC3CC(O)(C5)C4)nc(Cl)c2F)n[nH]1. The number of halogens is 2. The molecular formula is C18H22ClFN6O. The van der Waals surface area contributed by atoms with Gasteiger partial charge in [-0.05, 0) is 56.8 Å². The summed E-state index contributed by atoms with van der Waals surface area (Å²) < 4.78 is 14.4. The van der Waals surface area contributed by atoms with E-state index in [9.17, 15) is 9.50 Å². The first kappa shape index (κ1) is 17.2. The summed E-state index contributed by atoms with van der Waals surface area (Å²) >= 11 is 6.01. The Morgan fingerprint density at radius 1 is 1.26 bits per heavy atom. The van der Waals surface area contributed by atoms with Gasteiger partial charge in [-0.15, -0.1) is 0 Å². The summed E-state index contributed by atoms with van der Waals surface area (Å²) in [7, 11) is 0. The molecule has 2 unspecified atom stereocenters. The minimum Gasteiger partial charge on any atom is -0.390 e. The van der Waals surface area contributed by atoms with Crippen molar-refractivity contribution in [1.82, 2.24) is 20.2 Å². The Balaban J connectivity index is 1.39. The molecule has 9 heteroatoms. The average molecular weight is 393 g/mol. The lowest BCUT2D eigenvalue weighted by Crippen LogP contribution is -2.59. The summed E-state index contributed by atoms with van der Waals surface area (Å²) in [6, 6.07) is 1.94. The highest BCUT2D eigenvalue weighted by Crippen LogP contribution is 2.56. The van der Waals surface area contributed by atoms with Crippen LogP contribution in [0.3, 0.4) is 0 Å². The smallest absolute Gasteiger partial charge is 0.226 e. The predicted molar refractivity (Wildman–Crippen MR) is 99.5 cm³/mol. The fraction of sp³-hybridized carbons (Fsp3) is 0.611. The van der Waals surface area contributed by atoms with Crippen LogP contribution in [0.1, 0.15) is 37.8 Å². The fourth-order valence-electron chi connectivity index (χ4n) is 5.54. The van der Waals surface area contributed by atoms with Gasteiger partial charge >= 0.3 is 0 Å². The molecule has 4 saturated carbocycles. The van der Waals surface area contributed by atoms with E-state index in [4.69, 9.17) is 11.6 Å². The van der Waals surface area contributed by atoms with Gasteiger partial charge in [0, 0.05) is 17.8 Å². The van der Waals surface area contributed by atoms with E-state index in [1.807, 2.05) is 6.92 Å². The number of anilines is 3. The molecule has 144 valence electrons. The predicted octanol–water partition coefficient (Wildman–Crippen LogP) is 3.40. The summed E-state index contributed by atoms with van der Waals surface area (Å²) in [5.74, 6) is 1.44. The van der Waals surface area contributed by atoms with Crippen LogP contribution in [0.4, 0.5) is 22.0 Å². The standard InChI is InChI=1S/C18H22ClFN6O/c1-8-2-12(26-25-8)21-16-13(20)15(19)23-17(24-16)22-14-10-3-9-4-11(14)7-18(27,5-9)6-10/h2,9-11,14,27H,3-7H2,1H3,(H3,21,22,23,24,25,26). The van der Waals surface area contributed by atoms with Gasteiger partial charge in [-0.3, -0.25) is 5.10 Å². The summed E-state index contributed by atoms with van der Waals surface area (Å²) in [6.45, 7) is 1.86. The van der Waals surface area contributed by atoms with E-state index < -0.39 is 11.4 Å². The fourth-order valence-corrected chi connectivity index (χ4v) is 5.71. The van der Waals surface area contributed by atoms with Crippen molar-refractivity contribution >= 4 is 29.2 Å². The van der Waals surface area contributed by atoms with E-state index in [1.165, 1.54) is 0 Å². The highest BCUT2D eigenvalue weighted by atomic mass is 35.5. The Bertz CT molecular complexity index is 873. The molecule has 0 radical (unpaired) electrons. The first-order chi connectivity index (χ1) is 12.9. The number of hydrogen-bond acceptors (Lipinski definition) is 6. The lowest BCUT2D eigenvalue weighted by atomic mass is 9.52. The Hall–Kier alpha value is -1.93. The zero-order valence-electron chi connectivity index (χ0n) is 15.0. The molecule has 4 aliphatic carbocycles. The van der Waals surface area contributed by atoms with E-state index >= 15 is 0 Å². The third-order valence-corrected chi connectivity index (χ3v) is 6.55. The lowest BCUT2D eigenvalue weighted by molar-refractivity contribution is -0.129. The van der Waals surface area contributed by atoms with Crippen LogP contribution in [-0.4, -0.2) is 36.9 Å². The molecule has 4 fully saturated rings. The Kier molecular flexibility index (Phi) is 3.84. The largest absolute Gasteiger partial charge is 0.390 e. The second-order valence-corrected chi connectivity index (χ2v) is 8.78. The highest BCUT2D eigenvalue weighted by Gasteiger charge is 2.54. The molecule has 6 rings (SSSR count). The van der Waals surface area contributed by atoms with E-state index in [-0.39, 0.29) is 17.0 Å². The molecule has 2 heterocycles. The number of aromatic amines is 1. The number of aliphatic hydroxyl groups is 1. The van der Waals surface area contributed by atoms with Crippen molar-refractivity contribution in [3.63, 3.8) is 0 Å². The van der Waals surface area contributed by atoms with Crippen molar-refractivity contribution in [3.8, 4) is 0 Å². The van der Waals surface area contributed by atoms with Gasteiger partial charge in [0.05, 0.1) is 5.60 Å². The average Bonchev–Trinajstić information content (AvgIpc) is 2.99. The van der Waals surface area contributed by atoms with Crippen LogP contribution in [0.15, 0.2) is 6.07 Å². The number of nitrogens with zero attached hydrogens (tertiary/aromatic N) is 3. The number of aromatic nitrogens is 4. The lowest BCUT2D eigenvalue weighted by Gasteiger charge is -2.58. The van der Waals surface area contributed by atoms with Crippen molar-refractivity contribution < 1.29 is 9.50 Å². The van der Waals surface area contributed by atoms with Gasteiger partial charge in [0.15, 0.2) is 16.8 Å². The molecule has 7 nitrogen and oxygen atoms in total. The van der Waals surface area contributed by atoms with Crippen molar-refractivity contribution in [2.45, 2.75) is 50.7 Å². The minimum absolute atomic E-state index is 0.00792. The zero-order chi connectivity index (χ0) is 18.8. The number of nitrogens with one attached hydrogen (secondary N) is 3. The van der Waals surface area contributed by atoms with Crippen LogP contribution >= 0.6 is 11.6 Å². The molecule has 0 aromatic carbocycles. The van der Waals surface area contributed by atoms with Crippen molar-refractivity contribution in [2.24, 2.45) is 17.8 Å². The Morgan fingerprint density at radius 3 is 2.63 bits per heavy atom. The monoisotopic (exact) mass is 392 g/mol. The van der Waals surface area contributed by atoms with Crippen LogP contribution in [0.2, 0.25) is 5.15 Å². The first-order valence-electron chi connectivity index (χ1n) is 9.39. The topological polar surface area (TPSA) is 98.8 Å². The van der Waals surface area contributed by atoms with Crippen molar-refractivity contribution in [3.05, 3.63) is 22.7 Å². The van der Waals surface area contributed by atoms with Crippen LogP contribution < -0.4 is 10.6 Å². The molecule has 2 aromatic heterocycles.